The molecule has 0 saturated carbocycles. The quantitative estimate of drug-likeness (QED) is 0.474. The Morgan fingerprint density at radius 1 is 1.30 bits per heavy atom. The number of hydrogen-bond donors (Lipinski definition) is 0. The molecule has 1 aromatic rings. The zero-order valence-corrected chi connectivity index (χ0v) is 18.2. The fourth-order valence-corrected chi connectivity index (χ4v) is 3.11. The predicted octanol–water partition coefficient (Wildman–Crippen LogP) is 5.21. The summed E-state index contributed by atoms with van der Waals surface area (Å²) in [5.41, 5.74) is 3.57. The topological polar surface area (TPSA) is 41.4 Å². The molecule has 0 aromatic carbocycles. The van der Waals surface area contributed by atoms with Crippen molar-refractivity contribution >= 4 is 11.8 Å². The van der Waals surface area contributed by atoms with Gasteiger partial charge in [0.2, 0.25) is 0 Å². The van der Waals surface area contributed by atoms with Crippen LogP contribution in [-0.2, 0) is 0 Å². The third kappa shape index (κ3) is 9.09. The van der Waals surface area contributed by atoms with E-state index in [0.29, 0.717) is 11.8 Å². The van der Waals surface area contributed by atoms with Crippen molar-refractivity contribution in [2.24, 2.45) is 16.8 Å². The summed E-state index contributed by atoms with van der Waals surface area (Å²) in [6, 6.07) is 0. The summed E-state index contributed by atoms with van der Waals surface area (Å²) in [6.07, 6.45) is 15.6. The molecule has 0 amide bonds. The van der Waals surface area contributed by atoms with Crippen molar-refractivity contribution in [3.63, 3.8) is 0 Å². The SMILES string of the molecule is CCCCN(C)CC(C)/C(=C/CC(C)/C=C\C=NCC)c1ncncc1C. The lowest BCUT2D eigenvalue weighted by Crippen LogP contribution is -2.26. The summed E-state index contributed by atoms with van der Waals surface area (Å²) >= 11 is 0. The largest absolute Gasteiger partial charge is 0.306 e. The fraction of sp³-hybridized carbons (Fsp3) is 0.609. The Morgan fingerprint density at radius 3 is 2.74 bits per heavy atom. The zero-order chi connectivity index (χ0) is 20.1. The number of allylic oxidation sites excluding steroid dienone is 3. The molecule has 27 heavy (non-hydrogen) atoms. The van der Waals surface area contributed by atoms with Crippen molar-refractivity contribution < 1.29 is 0 Å². The molecule has 0 aliphatic carbocycles. The summed E-state index contributed by atoms with van der Waals surface area (Å²) in [5.74, 6) is 0.897. The second-order valence-corrected chi connectivity index (χ2v) is 7.48. The molecule has 2 atom stereocenters. The van der Waals surface area contributed by atoms with Crippen molar-refractivity contribution in [1.82, 2.24) is 14.9 Å². The van der Waals surface area contributed by atoms with Crippen LogP contribution >= 0.6 is 0 Å². The van der Waals surface area contributed by atoms with Crippen LogP contribution in [-0.4, -0.2) is 47.8 Å². The van der Waals surface area contributed by atoms with Crippen LogP contribution in [0.1, 0.15) is 58.2 Å². The Balaban J connectivity index is 2.92. The molecule has 0 N–H and O–H groups in total. The van der Waals surface area contributed by atoms with Crippen LogP contribution in [0.4, 0.5) is 0 Å². The number of unbranched alkanes of at least 4 members (excludes halogenated alkanes) is 1. The van der Waals surface area contributed by atoms with E-state index in [1.165, 1.54) is 18.4 Å². The van der Waals surface area contributed by atoms with Gasteiger partial charge in [-0.15, -0.1) is 0 Å². The second kappa shape index (κ2) is 13.4. The van der Waals surface area contributed by atoms with E-state index >= 15 is 0 Å². The lowest BCUT2D eigenvalue weighted by Gasteiger charge is -2.24. The van der Waals surface area contributed by atoms with Gasteiger partial charge in [0.15, 0.2) is 0 Å². The number of hydrogen-bond acceptors (Lipinski definition) is 4. The Bertz CT molecular complexity index is 619. The normalized spacial score (nSPS) is 15.1. The molecule has 1 rings (SSSR count). The van der Waals surface area contributed by atoms with E-state index in [9.17, 15) is 0 Å². The van der Waals surface area contributed by atoms with Crippen LogP contribution in [0.2, 0.25) is 0 Å². The number of aliphatic imine (C=N–C) groups is 1. The molecule has 0 aliphatic heterocycles. The van der Waals surface area contributed by atoms with Crippen molar-refractivity contribution in [3.05, 3.63) is 42.0 Å². The second-order valence-electron chi connectivity index (χ2n) is 7.48. The minimum Gasteiger partial charge on any atom is -0.306 e. The fourth-order valence-electron chi connectivity index (χ4n) is 3.11. The highest BCUT2D eigenvalue weighted by Gasteiger charge is 2.16. The van der Waals surface area contributed by atoms with Crippen molar-refractivity contribution in [1.29, 1.82) is 0 Å². The van der Waals surface area contributed by atoms with Gasteiger partial charge in [-0.05, 0) is 69.3 Å². The van der Waals surface area contributed by atoms with Gasteiger partial charge in [0.05, 0.1) is 5.69 Å². The van der Waals surface area contributed by atoms with Crippen molar-refractivity contribution in [2.45, 2.75) is 53.9 Å². The molecule has 0 fully saturated rings. The average Bonchev–Trinajstić information content (AvgIpc) is 2.65. The lowest BCUT2D eigenvalue weighted by atomic mass is 9.92. The van der Waals surface area contributed by atoms with E-state index in [1.807, 2.05) is 19.3 Å². The van der Waals surface area contributed by atoms with Crippen LogP contribution < -0.4 is 0 Å². The molecule has 0 aliphatic rings. The van der Waals surface area contributed by atoms with Crippen LogP contribution in [0, 0.1) is 18.8 Å². The third-order valence-electron chi connectivity index (χ3n) is 4.70. The van der Waals surface area contributed by atoms with E-state index in [2.05, 4.69) is 72.8 Å². The van der Waals surface area contributed by atoms with Crippen molar-refractivity contribution in [2.75, 3.05) is 26.7 Å². The maximum absolute atomic E-state index is 4.60. The Hall–Kier alpha value is -1.81. The number of aryl methyl sites for hydroxylation is 1. The van der Waals surface area contributed by atoms with Gasteiger partial charge in [0.25, 0.3) is 0 Å². The first-order valence-electron chi connectivity index (χ1n) is 10.3. The molecule has 0 spiro atoms. The zero-order valence-electron chi connectivity index (χ0n) is 18.2. The van der Waals surface area contributed by atoms with Gasteiger partial charge in [-0.1, -0.05) is 39.3 Å². The molecule has 0 saturated heterocycles. The molecular weight excluding hydrogens is 332 g/mol. The molecule has 1 heterocycles. The predicted molar refractivity (Wildman–Crippen MR) is 118 cm³/mol. The monoisotopic (exact) mass is 370 g/mol. The molecule has 4 nitrogen and oxygen atoms in total. The maximum atomic E-state index is 4.60. The first kappa shape index (κ1) is 23.2. The summed E-state index contributed by atoms with van der Waals surface area (Å²) in [4.78, 5) is 15.4. The summed E-state index contributed by atoms with van der Waals surface area (Å²) in [6.45, 7) is 14.0. The van der Waals surface area contributed by atoms with Gasteiger partial charge in [0.1, 0.15) is 6.33 Å². The highest BCUT2D eigenvalue weighted by molar-refractivity contribution is 5.71. The Kier molecular flexibility index (Phi) is 11.5. The van der Waals surface area contributed by atoms with Crippen LogP contribution in [0.25, 0.3) is 5.57 Å². The molecular formula is C23H38N4. The molecule has 150 valence electrons. The van der Waals surface area contributed by atoms with E-state index in [-0.39, 0.29) is 0 Å². The minimum atomic E-state index is 0.429. The number of rotatable bonds is 12. The molecule has 0 radical (unpaired) electrons. The van der Waals surface area contributed by atoms with Gasteiger partial charge in [0, 0.05) is 25.5 Å². The van der Waals surface area contributed by atoms with Crippen LogP contribution in [0.5, 0.6) is 0 Å². The Labute approximate surface area is 166 Å². The standard InChI is InChI=1S/C23H38N4/c1-7-9-15-27(6)17-21(5)22(23-20(4)16-25-18-26-23)13-12-19(3)11-10-14-24-8-2/h10-11,13-14,16,18-19,21H,7-9,12,15,17H2,1-6H3/b11-10-,22-13-,24-14?. The third-order valence-corrected chi connectivity index (χ3v) is 4.70. The average molecular weight is 371 g/mol. The van der Waals surface area contributed by atoms with E-state index in [0.717, 1.165) is 37.3 Å². The van der Waals surface area contributed by atoms with Crippen LogP contribution in [0.3, 0.4) is 0 Å². The highest BCUT2D eigenvalue weighted by atomic mass is 15.1. The highest BCUT2D eigenvalue weighted by Crippen LogP contribution is 2.26. The minimum absolute atomic E-state index is 0.429. The molecule has 1 aromatic heterocycles. The van der Waals surface area contributed by atoms with Crippen molar-refractivity contribution in [3.8, 4) is 0 Å². The summed E-state index contributed by atoms with van der Waals surface area (Å²) in [5, 5.41) is 0. The van der Waals surface area contributed by atoms with Gasteiger partial charge < -0.3 is 4.90 Å². The van der Waals surface area contributed by atoms with Gasteiger partial charge in [-0.25, -0.2) is 9.97 Å². The molecule has 4 heteroatoms. The van der Waals surface area contributed by atoms with E-state index in [4.69, 9.17) is 0 Å². The molecule has 2 unspecified atom stereocenters. The first-order chi connectivity index (χ1) is 13.0. The van der Waals surface area contributed by atoms with E-state index < -0.39 is 0 Å². The Morgan fingerprint density at radius 2 is 2.07 bits per heavy atom. The first-order valence-corrected chi connectivity index (χ1v) is 10.3. The summed E-state index contributed by atoms with van der Waals surface area (Å²) in [7, 11) is 2.22. The smallest absolute Gasteiger partial charge is 0.116 e. The van der Waals surface area contributed by atoms with Crippen LogP contribution in [0.15, 0.2) is 35.7 Å². The number of nitrogens with zero attached hydrogens (tertiary/aromatic N) is 4. The number of aromatic nitrogens is 2. The molecule has 0 bridgehead atoms. The summed E-state index contributed by atoms with van der Waals surface area (Å²) < 4.78 is 0. The lowest BCUT2D eigenvalue weighted by molar-refractivity contribution is 0.306. The van der Waals surface area contributed by atoms with Gasteiger partial charge >= 0.3 is 0 Å². The maximum Gasteiger partial charge on any atom is 0.116 e. The van der Waals surface area contributed by atoms with E-state index in [1.54, 1.807) is 6.33 Å². The van der Waals surface area contributed by atoms with Gasteiger partial charge in [-0.3, -0.25) is 4.99 Å². The van der Waals surface area contributed by atoms with Gasteiger partial charge in [-0.2, -0.15) is 0 Å².